The van der Waals surface area contributed by atoms with Gasteiger partial charge in [0.15, 0.2) is 5.78 Å². The molecule has 1 aliphatic heterocycles. The van der Waals surface area contributed by atoms with Crippen LogP contribution in [0.3, 0.4) is 0 Å². The van der Waals surface area contributed by atoms with Gasteiger partial charge in [0.1, 0.15) is 6.54 Å². The Morgan fingerprint density at radius 3 is 2.70 bits per heavy atom. The second kappa shape index (κ2) is 5.66. The minimum atomic E-state index is -1.06. The quantitative estimate of drug-likeness (QED) is 0.861. The van der Waals surface area contributed by atoms with Crippen LogP contribution in [0.4, 0.5) is 5.69 Å². The van der Waals surface area contributed by atoms with Crippen LogP contribution in [0.25, 0.3) is 0 Å². The summed E-state index contributed by atoms with van der Waals surface area (Å²) in [6.07, 6.45) is 0.413. The monoisotopic (exact) mass is 293 g/mol. The fraction of sp³-hybridized carbons (Fsp3) is 0.357. The Labute approximate surface area is 121 Å². The van der Waals surface area contributed by atoms with Crippen LogP contribution in [0.15, 0.2) is 23.1 Å². The van der Waals surface area contributed by atoms with Gasteiger partial charge in [-0.3, -0.25) is 19.3 Å². The Hall–Kier alpha value is -1.82. The van der Waals surface area contributed by atoms with Crippen molar-refractivity contribution < 1.29 is 19.5 Å². The molecule has 1 aliphatic rings. The minimum absolute atomic E-state index is 0.0303. The second-order valence-corrected chi connectivity index (χ2v) is 5.92. The molecular formula is C14H15NO4S. The molecule has 1 atom stereocenters. The molecule has 5 nitrogen and oxygen atoms in total. The van der Waals surface area contributed by atoms with Crippen molar-refractivity contribution in [1.29, 1.82) is 0 Å². The third kappa shape index (κ3) is 2.70. The molecule has 1 aromatic rings. The van der Waals surface area contributed by atoms with Crippen LogP contribution in [0.5, 0.6) is 0 Å². The molecule has 6 heteroatoms. The van der Waals surface area contributed by atoms with Crippen molar-refractivity contribution in [3.8, 4) is 0 Å². The predicted octanol–water partition coefficient (Wildman–Crippen LogP) is 2.19. The number of hydrogen-bond acceptors (Lipinski definition) is 4. The Bertz CT molecular complexity index is 585. The summed E-state index contributed by atoms with van der Waals surface area (Å²) in [5.74, 6) is -1.25. The van der Waals surface area contributed by atoms with Gasteiger partial charge in [-0.05, 0) is 25.1 Å². The van der Waals surface area contributed by atoms with Gasteiger partial charge in [0.25, 0.3) is 0 Å². The molecule has 1 amide bonds. The van der Waals surface area contributed by atoms with Crippen molar-refractivity contribution in [1.82, 2.24) is 0 Å². The lowest BCUT2D eigenvalue weighted by atomic mass is 10.1. The molecule has 0 spiro atoms. The van der Waals surface area contributed by atoms with E-state index in [0.717, 1.165) is 4.90 Å². The number of rotatable bonds is 4. The molecule has 1 aromatic carbocycles. The van der Waals surface area contributed by atoms with Crippen LogP contribution in [0.2, 0.25) is 0 Å². The van der Waals surface area contributed by atoms with E-state index in [1.165, 1.54) is 16.7 Å². The first-order valence-corrected chi connectivity index (χ1v) is 7.19. The van der Waals surface area contributed by atoms with E-state index in [4.69, 9.17) is 5.11 Å². The average Bonchev–Trinajstić information content (AvgIpc) is 2.42. The normalized spacial score (nSPS) is 17.8. The van der Waals surface area contributed by atoms with E-state index >= 15 is 0 Å². The first-order valence-electron chi connectivity index (χ1n) is 6.31. The number of carbonyl (C=O) groups excluding carboxylic acids is 2. The number of carbonyl (C=O) groups is 3. The van der Waals surface area contributed by atoms with E-state index in [1.54, 1.807) is 32.0 Å². The maximum Gasteiger partial charge on any atom is 0.323 e. The first kappa shape index (κ1) is 14.6. The third-order valence-electron chi connectivity index (χ3n) is 3.10. The van der Waals surface area contributed by atoms with E-state index in [0.29, 0.717) is 17.7 Å². The predicted molar refractivity (Wildman–Crippen MR) is 76.4 cm³/mol. The number of carboxylic acids is 1. The number of anilines is 1. The summed E-state index contributed by atoms with van der Waals surface area (Å²) in [6.45, 7) is 3.16. The van der Waals surface area contributed by atoms with E-state index < -0.39 is 5.97 Å². The zero-order chi connectivity index (χ0) is 14.9. The molecule has 0 saturated carbocycles. The number of thioether (sulfide) groups is 1. The number of amides is 1. The van der Waals surface area contributed by atoms with Crippen molar-refractivity contribution in [2.75, 3.05) is 11.4 Å². The summed E-state index contributed by atoms with van der Waals surface area (Å²) < 4.78 is 0. The average molecular weight is 293 g/mol. The van der Waals surface area contributed by atoms with Crippen LogP contribution in [0, 0.1) is 0 Å². The zero-order valence-corrected chi connectivity index (χ0v) is 12.1. The van der Waals surface area contributed by atoms with Crippen molar-refractivity contribution >= 4 is 35.1 Å². The summed E-state index contributed by atoms with van der Waals surface area (Å²) in [5.41, 5.74) is 1.16. The minimum Gasteiger partial charge on any atom is -0.480 e. The lowest BCUT2D eigenvalue weighted by molar-refractivity contribution is -0.136. The van der Waals surface area contributed by atoms with Crippen molar-refractivity contribution in [3.05, 3.63) is 23.8 Å². The van der Waals surface area contributed by atoms with E-state index in [-0.39, 0.29) is 23.5 Å². The molecule has 2 rings (SSSR count). The molecule has 106 valence electrons. The first-order chi connectivity index (χ1) is 9.43. The highest BCUT2D eigenvalue weighted by molar-refractivity contribution is 8.01. The van der Waals surface area contributed by atoms with E-state index in [9.17, 15) is 14.4 Å². The van der Waals surface area contributed by atoms with Gasteiger partial charge in [0, 0.05) is 16.9 Å². The summed E-state index contributed by atoms with van der Waals surface area (Å²) >= 11 is 1.36. The van der Waals surface area contributed by atoms with Crippen LogP contribution in [-0.4, -0.2) is 34.6 Å². The van der Waals surface area contributed by atoms with Gasteiger partial charge < -0.3 is 5.11 Å². The zero-order valence-electron chi connectivity index (χ0n) is 11.3. The largest absolute Gasteiger partial charge is 0.480 e. The van der Waals surface area contributed by atoms with Gasteiger partial charge in [0.05, 0.1) is 10.9 Å². The number of aliphatic carboxylic acids is 1. The fourth-order valence-electron chi connectivity index (χ4n) is 2.09. The maximum atomic E-state index is 12.1. The van der Waals surface area contributed by atoms with Gasteiger partial charge in [-0.2, -0.15) is 0 Å². The SMILES string of the molecule is CCC(=O)c1ccc2c(c1)SC(C)C(=O)N2CC(=O)O. The Morgan fingerprint density at radius 2 is 2.10 bits per heavy atom. The number of carboxylic acid groups (broad SMARTS) is 1. The number of nitrogens with zero attached hydrogens (tertiary/aromatic N) is 1. The number of Topliss-reactive ketones (excluding diaryl/α,β-unsaturated/α-hetero) is 1. The summed E-state index contributed by atoms with van der Waals surface area (Å²) in [6, 6.07) is 5.03. The van der Waals surface area contributed by atoms with Gasteiger partial charge in [-0.1, -0.05) is 6.92 Å². The Balaban J connectivity index is 2.44. The van der Waals surface area contributed by atoms with Crippen LogP contribution in [0.1, 0.15) is 30.6 Å². The highest BCUT2D eigenvalue weighted by Crippen LogP contribution is 2.39. The highest BCUT2D eigenvalue weighted by Gasteiger charge is 2.32. The number of benzene rings is 1. The molecule has 1 N–H and O–H groups in total. The molecule has 1 heterocycles. The fourth-order valence-corrected chi connectivity index (χ4v) is 3.19. The van der Waals surface area contributed by atoms with Crippen LogP contribution >= 0.6 is 11.8 Å². The van der Waals surface area contributed by atoms with Crippen molar-refractivity contribution in [2.24, 2.45) is 0 Å². The molecule has 20 heavy (non-hydrogen) atoms. The number of hydrogen-bond donors (Lipinski definition) is 1. The lowest BCUT2D eigenvalue weighted by Crippen LogP contribution is -2.42. The highest BCUT2D eigenvalue weighted by atomic mass is 32.2. The number of fused-ring (bicyclic) bond motifs is 1. The molecule has 1 unspecified atom stereocenters. The molecule has 0 aliphatic carbocycles. The van der Waals surface area contributed by atoms with Gasteiger partial charge >= 0.3 is 5.97 Å². The molecule has 0 fully saturated rings. The van der Waals surface area contributed by atoms with Crippen molar-refractivity contribution in [2.45, 2.75) is 30.4 Å². The molecular weight excluding hydrogens is 278 g/mol. The summed E-state index contributed by atoms with van der Waals surface area (Å²) in [7, 11) is 0. The Morgan fingerprint density at radius 1 is 1.40 bits per heavy atom. The van der Waals surface area contributed by atoms with E-state index in [1.807, 2.05) is 0 Å². The summed E-state index contributed by atoms with van der Waals surface area (Å²) in [5, 5.41) is 8.57. The van der Waals surface area contributed by atoms with Crippen molar-refractivity contribution in [3.63, 3.8) is 0 Å². The molecule has 0 saturated heterocycles. The standard InChI is InChI=1S/C14H15NO4S/c1-3-11(16)9-4-5-10-12(6-9)20-8(2)14(19)15(10)7-13(17)18/h4-6,8H,3,7H2,1-2H3,(H,17,18). The Kier molecular flexibility index (Phi) is 4.13. The van der Waals surface area contributed by atoms with Crippen LogP contribution in [-0.2, 0) is 9.59 Å². The van der Waals surface area contributed by atoms with E-state index in [2.05, 4.69) is 0 Å². The molecule has 0 bridgehead atoms. The molecule has 0 aromatic heterocycles. The smallest absolute Gasteiger partial charge is 0.323 e. The third-order valence-corrected chi connectivity index (χ3v) is 4.24. The van der Waals surface area contributed by atoms with Gasteiger partial charge in [-0.25, -0.2) is 0 Å². The van der Waals surface area contributed by atoms with Crippen LogP contribution < -0.4 is 4.90 Å². The second-order valence-electron chi connectivity index (χ2n) is 4.54. The van der Waals surface area contributed by atoms with Gasteiger partial charge in [0.2, 0.25) is 5.91 Å². The van der Waals surface area contributed by atoms with Gasteiger partial charge in [-0.15, -0.1) is 11.8 Å². The lowest BCUT2D eigenvalue weighted by Gasteiger charge is -2.31. The maximum absolute atomic E-state index is 12.1. The topological polar surface area (TPSA) is 74.7 Å². The number of ketones is 1. The molecule has 0 radical (unpaired) electrons. The summed E-state index contributed by atoms with van der Waals surface area (Å²) in [4.78, 5) is 36.7.